The van der Waals surface area contributed by atoms with Gasteiger partial charge >= 0.3 is 0 Å². The quantitative estimate of drug-likeness (QED) is 0.651. The monoisotopic (exact) mass is 343 g/mol. The van der Waals surface area contributed by atoms with Crippen molar-refractivity contribution in [2.45, 2.75) is 35.3 Å². The Morgan fingerprint density at radius 1 is 1.17 bits per heavy atom. The number of benzene rings is 2. The molecule has 0 bridgehead atoms. The van der Waals surface area contributed by atoms with E-state index in [-0.39, 0.29) is 11.2 Å². The largest absolute Gasteiger partial charge is 0.354 e. The molecule has 0 aromatic heterocycles. The number of hydrogen-bond acceptors (Lipinski definition) is 3. The van der Waals surface area contributed by atoms with Gasteiger partial charge in [-0.3, -0.25) is 4.79 Å². The smallest absolute Gasteiger partial charge is 0.233 e. The second-order valence-electron chi connectivity index (χ2n) is 5.87. The Kier molecular flexibility index (Phi) is 5.34. The lowest BCUT2D eigenvalue weighted by molar-refractivity contribution is -0.120. The highest BCUT2D eigenvalue weighted by atomic mass is 32.2. The Morgan fingerprint density at radius 3 is 2.70 bits per heavy atom. The van der Waals surface area contributed by atoms with Crippen LogP contribution in [0.2, 0.25) is 0 Å². The van der Waals surface area contributed by atoms with Crippen molar-refractivity contribution >= 4 is 29.4 Å². The predicted octanol–water partition coefficient (Wildman–Crippen LogP) is 4.23. The Morgan fingerprint density at radius 2 is 1.91 bits per heavy atom. The van der Waals surface area contributed by atoms with Crippen LogP contribution < -0.4 is 5.32 Å². The number of aryl methyl sites for hydroxylation is 2. The van der Waals surface area contributed by atoms with Crippen LogP contribution in [0.1, 0.15) is 16.7 Å². The summed E-state index contributed by atoms with van der Waals surface area (Å²) in [5.41, 5.74) is 3.83. The number of thioether (sulfide) groups is 2. The summed E-state index contributed by atoms with van der Waals surface area (Å²) in [5, 5.41) is 3.10. The van der Waals surface area contributed by atoms with Gasteiger partial charge in [0.2, 0.25) is 5.91 Å². The third kappa shape index (κ3) is 4.33. The van der Waals surface area contributed by atoms with Gasteiger partial charge in [-0.25, -0.2) is 0 Å². The highest BCUT2D eigenvalue weighted by molar-refractivity contribution is 8.01. The van der Waals surface area contributed by atoms with Gasteiger partial charge < -0.3 is 5.32 Å². The molecular weight excluding hydrogens is 322 g/mol. The number of fused-ring (bicyclic) bond motifs is 1. The van der Waals surface area contributed by atoms with Crippen LogP contribution in [0.5, 0.6) is 0 Å². The van der Waals surface area contributed by atoms with E-state index in [9.17, 15) is 4.79 Å². The molecule has 1 unspecified atom stereocenters. The maximum absolute atomic E-state index is 12.3. The van der Waals surface area contributed by atoms with Gasteiger partial charge in [0.25, 0.3) is 0 Å². The van der Waals surface area contributed by atoms with E-state index < -0.39 is 0 Å². The van der Waals surface area contributed by atoms with Crippen molar-refractivity contribution in [1.29, 1.82) is 0 Å². The summed E-state index contributed by atoms with van der Waals surface area (Å²) >= 11 is 3.48. The van der Waals surface area contributed by atoms with E-state index in [1.165, 1.54) is 26.5 Å². The molecule has 1 aliphatic heterocycles. The van der Waals surface area contributed by atoms with Crippen LogP contribution in [-0.4, -0.2) is 23.5 Å². The van der Waals surface area contributed by atoms with Crippen LogP contribution in [-0.2, 0) is 11.2 Å². The van der Waals surface area contributed by atoms with Crippen molar-refractivity contribution in [3.05, 3.63) is 59.2 Å². The molecule has 120 valence electrons. The van der Waals surface area contributed by atoms with Crippen molar-refractivity contribution in [1.82, 2.24) is 5.32 Å². The first-order valence-corrected chi connectivity index (χ1v) is 9.72. The predicted molar refractivity (Wildman–Crippen MR) is 99.4 cm³/mol. The Balaban J connectivity index is 1.43. The Bertz CT molecular complexity index is 697. The van der Waals surface area contributed by atoms with Gasteiger partial charge in [-0.2, -0.15) is 0 Å². The summed E-state index contributed by atoms with van der Waals surface area (Å²) in [4.78, 5) is 14.8. The number of hydrogen-bond donors (Lipinski definition) is 1. The third-order valence-corrected chi connectivity index (χ3v) is 6.19. The van der Waals surface area contributed by atoms with E-state index in [4.69, 9.17) is 0 Å². The lowest BCUT2D eigenvalue weighted by atomic mass is 10.1. The molecule has 1 N–H and O–H groups in total. The number of carbonyl (C=O) groups is 1. The van der Waals surface area contributed by atoms with E-state index in [0.29, 0.717) is 6.54 Å². The summed E-state index contributed by atoms with van der Waals surface area (Å²) in [6.07, 6.45) is 0.844. The number of amides is 1. The van der Waals surface area contributed by atoms with Crippen molar-refractivity contribution in [2.24, 2.45) is 0 Å². The standard InChI is InChI=1S/C19H21NOS2/c1-13-4-7-16(8-5-13)22-10-9-20-19(21)18-12-15-6-3-14(2)11-17(15)23-18/h3-8,11,18H,9-10,12H2,1-2H3,(H,20,21). The molecule has 1 aliphatic rings. The van der Waals surface area contributed by atoms with Crippen LogP contribution in [0.15, 0.2) is 52.3 Å². The number of nitrogens with one attached hydrogen (secondary N) is 1. The van der Waals surface area contributed by atoms with E-state index in [1.54, 1.807) is 23.5 Å². The molecule has 1 atom stereocenters. The van der Waals surface area contributed by atoms with Crippen molar-refractivity contribution < 1.29 is 4.79 Å². The molecule has 0 saturated heterocycles. The van der Waals surface area contributed by atoms with Gasteiger partial charge in [-0.15, -0.1) is 23.5 Å². The Labute approximate surface area is 146 Å². The van der Waals surface area contributed by atoms with Crippen LogP contribution in [0.3, 0.4) is 0 Å². The topological polar surface area (TPSA) is 29.1 Å². The zero-order chi connectivity index (χ0) is 16.2. The summed E-state index contributed by atoms with van der Waals surface area (Å²) in [6, 6.07) is 15.0. The van der Waals surface area contributed by atoms with Gasteiger partial charge in [-0.1, -0.05) is 35.4 Å². The van der Waals surface area contributed by atoms with Crippen molar-refractivity contribution in [3.63, 3.8) is 0 Å². The SMILES string of the molecule is Cc1ccc(SCCNC(=O)C2Cc3ccc(C)cc3S2)cc1. The van der Waals surface area contributed by atoms with Gasteiger partial charge in [0.15, 0.2) is 0 Å². The maximum Gasteiger partial charge on any atom is 0.233 e. The molecule has 23 heavy (non-hydrogen) atoms. The Hall–Kier alpha value is -1.39. The molecule has 0 aliphatic carbocycles. The minimum atomic E-state index is 0.0242. The van der Waals surface area contributed by atoms with Crippen LogP contribution >= 0.6 is 23.5 Å². The average molecular weight is 344 g/mol. The summed E-state index contributed by atoms with van der Waals surface area (Å²) in [7, 11) is 0. The first-order valence-electron chi connectivity index (χ1n) is 7.85. The first kappa shape index (κ1) is 16.5. The molecule has 1 heterocycles. The van der Waals surface area contributed by atoms with E-state index in [1.807, 2.05) is 0 Å². The summed E-state index contributed by atoms with van der Waals surface area (Å²) < 4.78 is 0. The van der Waals surface area contributed by atoms with Gasteiger partial charge in [0, 0.05) is 22.1 Å². The van der Waals surface area contributed by atoms with E-state index >= 15 is 0 Å². The van der Waals surface area contributed by atoms with Crippen molar-refractivity contribution in [3.8, 4) is 0 Å². The number of carbonyl (C=O) groups excluding carboxylic acids is 1. The van der Waals surface area contributed by atoms with Crippen LogP contribution in [0, 0.1) is 13.8 Å². The second kappa shape index (κ2) is 7.45. The van der Waals surface area contributed by atoms with E-state index in [2.05, 4.69) is 61.6 Å². The van der Waals surface area contributed by atoms with E-state index in [0.717, 1.165) is 12.2 Å². The minimum absolute atomic E-state index is 0.0242. The minimum Gasteiger partial charge on any atom is -0.354 e. The summed E-state index contributed by atoms with van der Waals surface area (Å²) in [6.45, 7) is 4.90. The maximum atomic E-state index is 12.3. The van der Waals surface area contributed by atoms with Gasteiger partial charge in [0.05, 0.1) is 5.25 Å². The lowest BCUT2D eigenvalue weighted by Gasteiger charge is -2.09. The fourth-order valence-electron chi connectivity index (χ4n) is 2.57. The molecule has 2 aromatic carbocycles. The van der Waals surface area contributed by atoms with Crippen LogP contribution in [0.4, 0.5) is 0 Å². The third-order valence-electron chi connectivity index (χ3n) is 3.88. The molecule has 2 aromatic rings. The average Bonchev–Trinajstić information content (AvgIpc) is 2.96. The molecule has 2 nitrogen and oxygen atoms in total. The molecule has 0 fully saturated rings. The summed E-state index contributed by atoms with van der Waals surface area (Å²) in [5.74, 6) is 1.06. The lowest BCUT2D eigenvalue weighted by Crippen LogP contribution is -2.33. The fraction of sp³-hybridized carbons (Fsp3) is 0.316. The normalized spacial score (nSPS) is 16.2. The molecule has 3 rings (SSSR count). The second-order valence-corrected chi connectivity index (χ2v) is 8.29. The van der Waals surface area contributed by atoms with Crippen molar-refractivity contribution in [2.75, 3.05) is 12.3 Å². The number of rotatable bonds is 5. The molecule has 4 heteroatoms. The van der Waals surface area contributed by atoms with Gasteiger partial charge in [0.1, 0.15) is 0 Å². The first-order chi connectivity index (χ1) is 11.1. The molecule has 0 saturated carbocycles. The molecule has 1 amide bonds. The molecular formula is C19H21NOS2. The highest BCUT2D eigenvalue weighted by Gasteiger charge is 2.27. The highest BCUT2D eigenvalue weighted by Crippen LogP contribution is 2.37. The zero-order valence-corrected chi connectivity index (χ0v) is 15.1. The van der Waals surface area contributed by atoms with Crippen LogP contribution in [0.25, 0.3) is 0 Å². The zero-order valence-electron chi connectivity index (χ0n) is 13.5. The fourth-order valence-corrected chi connectivity index (χ4v) is 4.66. The molecule has 0 radical (unpaired) electrons. The molecule has 0 spiro atoms. The van der Waals surface area contributed by atoms with Gasteiger partial charge in [-0.05, 0) is 44.0 Å².